The van der Waals surface area contributed by atoms with Gasteiger partial charge in [0.25, 0.3) is 0 Å². The lowest BCUT2D eigenvalue weighted by molar-refractivity contribution is 0.661. The molecule has 11 aromatic rings. The van der Waals surface area contributed by atoms with Crippen LogP contribution in [0.2, 0.25) is 0 Å². The fourth-order valence-corrected chi connectivity index (χ4v) is 10.6. The molecule has 0 aliphatic heterocycles. The zero-order chi connectivity index (χ0) is 43.2. The molecule has 2 aliphatic carbocycles. The van der Waals surface area contributed by atoms with Crippen LogP contribution in [0, 0.1) is 0 Å². The van der Waals surface area contributed by atoms with Crippen molar-refractivity contribution in [2.45, 2.75) is 32.1 Å². The van der Waals surface area contributed by atoms with Crippen LogP contribution in [0.3, 0.4) is 0 Å². The van der Waals surface area contributed by atoms with Gasteiger partial charge in [-0.25, -0.2) is 15.0 Å². The van der Waals surface area contributed by atoms with Crippen molar-refractivity contribution in [3.8, 4) is 56.4 Å². The smallest absolute Gasteiger partial charge is 0.164 e. The summed E-state index contributed by atoms with van der Waals surface area (Å²) in [5.74, 6) is 2.07. The molecule has 5 nitrogen and oxygen atoms in total. The van der Waals surface area contributed by atoms with Gasteiger partial charge in [0.2, 0.25) is 0 Å². The lowest BCUT2D eigenvalue weighted by Gasteiger charge is -2.21. The van der Waals surface area contributed by atoms with Crippen molar-refractivity contribution in [2.24, 2.45) is 0 Å². The van der Waals surface area contributed by atoms with Gasteiger partial charge >= 0.3 is 0 Å². The molecule has 0 saturated carbocycles. The second kappa shape index (κ2) is 14.4. The summed E-state index contributed by atoms with van der Waals surface area (Å²) in [7, 11) is 0. The number of hydrogen-bond acceptors (Lipinski definition) is 3. The third-order valence-corrected chi connectivity index (χ3v) is 13.8. The van der Waals surface area contributed by atoms with Crippen LogP contribution in [0.5, 0.6) is 0 Å². The van der Waals surface area contributed by atoms with E-state index in [4.69, 9.17) is 15.0 Å². The fraction of sp³-hybridized carbons (Fsp3) is 0.0833. The molecule has 3 heterocycles. The van der Waals surface area contributed by atoms with E-state index in [1.807, 2.05) is 18.2 Å². The van der Waals surface area contributed by atoms with Crippen LogP contribution in [0.1, 0.15) is 43.6 Å². The zero-order valence-electron chi connectivity index (χ0n) is 36.2. The van der Waals surface area contributed by atoms with E-state index < -0.39 is 0 Å². The molecule has 3 aromatic heterocycles. The Kier molecular flexibility index (Phi) is 8.31. The molecule has 2 aliphatic rings. The lowest BCUT2D eigenvalue weighted by Crippen LogP contribution is -2.14. The molecule has 0 bridgehead atoms. The summed E-state index contributed by atoms with van der Waals surface area (Å²) in [6.45, 7) is 4.72. The van der Waals surface area contributed by atoms with Crippen LogP contribution in [-0.2, 0) is 5.41 Å². The fourth-order valence-electron chi connectivity index (χ4n) is 10.6. The van der Waals surface area contributed by atoms with Gasteiger partial charge in [0.15, 0.2) is 17.5 Å². The van der Waals surface area contributed by atoms with E-state index in [9.17, 15) is 0 Å². The van der Waals surface area contributed by atoms with Crippen molar-refractivity contribution in [1.29, 1.82) is 0 Å². The number of allylic oxidation sites excluding steroid dienone is 4. The Bertz CT molecular complexity index is 3790. The largest absolute Gasteiger partial charge is 0.309 e. The summed E-state index contributed by atoms with van der Waals surface area (Å²) in [6, 6.07) is 66.2. The van der Waals surface area contributed by atoms with Crippen molar-refractivity contribution in [2.75, 3.05) is 0 Å². The Morgan fingerprint density at radius 3 is 1.89 bits per heavy atom. The summed E-state index contributed by atoms with van der Waals surface area (Å²) in [5.41, 5.74) is 17.5. The third kappa shape index (κ3) is 5.89. The summed E-state index contributed by atoms with van der Waals surface area (Å²) in [4.78, 5) is 15.3. The van der Waals surface area contributed by atoms with Gasteiger partial charge in [-0.2, -0.15) is 0 Å². The van der Waals surface area contributed by atoms with Crippen molar-refractivity contribution in [1.82, 2.24) is 24.1 Å². The molecule has 13 rings (SSSR count). The first-order valence-electron chi connectivity index (χ1n) is 22.6. The van der Waals surface area contributed by atoms with Gasteiger partial charge in [-0.15, -0.1) is 0 Å². The SMILES string of the molecule is CC1(C)c2ccccc2-c2cc3c4cc(-c5ccc6c7ccccc7n(-c7ccccc7)c6c5)ccc4n(-c4cccc(-c5nc(C6=CC=CCC6)nc(-c6ccccc6)n5)c4)c3cc21. The molecule has 5 heteroatoms. The predicted molar refractivity (Wildman–Crippen MR) is 269 cm³/mol. The second-order valence-electron chi connectivity index (χ2n) is 18.0. The molecule has 8 aromatic carbocycles. The molecule has 0 saturated heterocycles. The van der Waals surface area contributed by atoms with Crippen LogP contribution in [0.4, 0.5) is 0 Å². The molecule has 0 spiro atoms. The van der Waals surface area contributed by atoms with E-state index >= 15 is 0 Å². The van der Waals surface area contributed by atoms with Gasteiger partial charge in [0.05, 0.1) is 22.1 Å². The number of rotatable bonds is 6. The van der Waals surface area contributed by atoms with Crippen molar-refractivity contribution in [3.63, 3.8) is 0 Å². The highest BCUT2D eigenvalue weighted by molar-refractivity contribution is 6.14. The average molecular weight is 834 g/mol. The van der Waals surface area contributed by atoms with E-state index in [1.165, 1.54) is 71.5 Å². The summed E-state index contributed by atoms with van der Waals surface area (Å²) in [6.07, 6.45) is 8.31. The van der Waals surface area contributed by atoms with Gasteiger partial charge in [0, 0.05) is 49.5 Å². The first-order valence-corrected chi connectivity index (χ1v) is 22.6. The number of nitrogens with zero attached hydrogens (tertiary/aromatic N) is 5. The summed E-state index contributed by atoms with van der Waals surface area (Å²) >= 11 is 0. The van der Waals surface area contributed by atoms with E-state index in [2.05, 4.69) is 205 Å². The topological polar surface area (TPSA) is 48.5 Å². The monoisotopic (exact) mass is 833 g/mol. The molecule has 0 radical (unpaired) electrons. The molecule has 0 amide bonds. The van der Waals surface area contributed by atoms with Gasteiger partial charge in [-0.1, -0.05) is 153 Å². The Balaban J connectivity index is 1.02. The molecule has 65 heavy (non-hydrogen) atoms. The normalized spacial score (nSPS) is 14.0. The highest BCUT2D eigenvalue weighted by Crippen LogP contribution is 2.51. The Labute approximate surface area is 377 Å². The number of fused-ring (bicyclic) bond motifs is 9. The van der Waals surface area contributed by atoms with Gasteiger partial charge in [-0.05, 0) is 112 Å². The average Bonchev–Trinajstić information content (AvgIpc) is 3.96. The minimum atomic E-state index is -0.154. The van der Waals surface area contributed by atoms with Crippen LogP contribution < -0.4 is 0 Å². The minimum absolute atomic E-state index is 0.154. The van der Waals surface area contributed by atoms with Gasteiger partial charge in [-0.3, -0.25) is 0 Å². The highest BCUT2D eigenvalue weighted by Gasteiger charge is 2.36. The zero-order valence-corrected chi connectivity index (χ0v) is 36.2. The Morgan fingerprint density at radius 1 is 0.415 bits per heavy atom. The summed E-state index contributed by atoms with van der Waals surface area (Å²) < 4.78 is 4.85. The molecule has 0 atom stereocenters. The standard InChI is InChI=1S/C60H43N5/c1-60(2)51-27-14-12-25-45(51)48-36-50-49-34-40(41-29-31-47-46-26-13-15-28-53(46)64(55(47)35-41)43-22-10-5-11-23-43)30-32-54(49)65(56(50)37-52(48)60)44-24-16-21-42(33-44)59-62-57(38-17-6-3-7-18-38)61-58(63-59)39-19-8-4-9-20-39/h3-8,10-19,21-37H,9,20H2,1-2H3. The Hall–Kier alpha value is -8.15. The third-order valence-electron chi connectivity index (χ3n) is 13.8. The summed E-state index contributed by atoms with van der Waals surface area (Å²) in [5, 5.41) is 4.94. The van der Waals surface area contributed by atoms with E-state index in [0.29, 0.717) is 11.6 Å². The number of aromatic nitrogens is 5. The molecule has 0 fully saturated rings. The number of benzene rings is 8. The first kappa shape index (κ1) is 37.4. The second-order valence-corrected chi connectivity index (χ2v) is 18.0. The van der Waals surface area contributed by atoms with Crippen LogP contribution in [-0.4, -0.2) is 24.1 Å². The van der Waals surface area contributed by atoms with Crippen LogP contribution >= 0.6 is 0 Å². The molecular formula is C60H43N5. The predicted octanol–water partition coefficient (Wildman–Crippen LogP) is 15.1. The minimum Gasteiger partial charge on any atom is -0.309 e. The van der Waals surface area contributed by atoms with Gasteiger partial charge < -0.3 is 9.13 Å². The molecular weight excluding hydrogens is 791 g/mol. The van der Waals surface area contributed by atoms with Crippen LogP contribution in [0.15, 0.2) is 200 Å². The highest BCUT2D eigenvalue weighted by atomic mass is 15.0. The first-order chi connectivity index (χ1) is 32.0. The molecule has 0 N–H and O–H groups in total. The Morgan fingerprint density at radius 2 is 1.05 bits per heavy atom. The van der Waals surface area contributed by atoms with E-state index in [1.54, 1.807) is 0 Å². The van der Waals surface area contributed by atoms with Crippen molar-refractivity contribution >= 4 is 49.2 Å². The lowest BCUT2D eigenvalue weighted by atomic mass is 9.82. The quantitative estimate of drug-likeness (QED) is 0.168. The van der Waals surface area contributed by atoms with Crippen molar-refractivity contribution in [3.05, 3.63) is 217 Å². The van der Waals surface area contributed by atoms with Gasteiger partial charge in [0.1, 0.15) is 0 Å². The molecule has 308 valence electrons. The maximum absolute atomic E-state index is 5.16. The number of para-hydroxylation sites is 2. The number of hydrogen-bond donors (Lipinski definition) is 0. The van der Waals surface area contributed by atoms with Crippen LogP contribution in [0.25, 0.3) is 106 Å². The van der Waals surface area contributed by atoms with E-state index in [-0.39, 0.29) is 5.41 Å². The van der Waals surface area contributed by atoms with Crippen molar-refractivity contribution < 1.29 is 0 Å². The maximum atomic E-state index is 5.16. The van der Waals surface area contributed by atoms with E-state index in [0.717, 1.165) is 52.3 Å². The maximum Gasteiger partial charge on any atom is 0.164 e. The molecule has 0 unspecified atom stereocenters.